The standard InChI is InChI=1S/C28H34BrN9O3S/c1-6-18-15-22(24(41-4)16-23(18)38-13-11-36(2)12-14-38)34-28-32-17-19(29)27(35-28)33-21-8-7-20-25(31-10-9-30-20)26(21)37(3)42(5,39)40/h7-10,15-17H,6,11-14H2,1-5H3,(H2,32,33,34,35). The Kier molecular flexibility index (Phi) is 8.66. The fourth-order valence-electron chi connectivity index (χ4n) is 4.88. The molecule has 42 heavy (non-hydrogen) atoms. The SMILES string of the molecule is CCc1cc(Nc2ncc(Br)c(Nc3ccc4nccnc4c3N(C)S(C)(=O)=O)n2)c(OC)cc1N1CCN(C)CC1. The molecule has 0 bridgehead atoms. The first kappa shape index (κ1) is 29.7. The molecule has 4 aromatic rings. The van der Waals surface area contributed by atoms with Crippen LogP contribution in [0.3, 0.4) is 0 Å². The lowest BCUT2D eigenvalue weighted by atomic mass is 10.1. The molecule has 0 amide bonds. The number of hydrogen-bond donors (Lipinski definition) is 2. The molecular formula is C28H34BrN9O3S. The molecule has 0 unspecified atom stereocenters. The first-order valence-corrected chi connectivity index (χ1v) is 16.1. The van der Waals surface area contributed by atoms with Crippen LogP contribution in [0, 0.1) is 0 Å². The topological polar surface area (TPSA) is 129 Å². The van der Waals surface area contributed by atoms with Gasteiger partial charge in [0.15, 0.2) is 0 Å². The molecule has 1 fully saturated rings. The first-order chi connectivity index (χ1) is 20.1. The van der Waals surface area contributed by atoms with Gasteiger partial charge in [0.05, 0.1) is 34.7 Å². The highest BCUT2D eigenvalue weighted by molar-refractivity contribution is 9.10. The van der Waals surface area contributed by atoms with Gasteiger partial charge < -0.3 is 25.2 Å². The number of nitrogens with one attached hydrogen (secondary N) is 2. The molecule has 0 atom stereocenters. The van der Waals surface area contributed by atoms with Crippen LogP contribution in [-0.2, 0) is 16.4 Å². The molecule has 2 aromatic heterocycles. The van der Waals surface area contributed by atoms with Crippen molar-refractivity contribution in [3.63, 3.8) is 0 Å². The number of benzene rings is 2. The number of piperazine rings is 1. The lowest BCUT2D eigenvalue weighted by Crippen LogP contribution is -2.44. The van der Waals surface area contributed by atoms with Crippen LogP contribution in [0.2, 0.25) is 0 Å². The highest BCUT2D eigenvalue weighted by Gasteiger charge is 2.23. The summed E-state index contributed by atoms with van der Waals surface area (Å²) >= 11 is 3.52. The molecule has 0 saturated carbocycles. The van der Waals surface area contributed by atoms with Crippen LogP contribution < -0.4 is 24.6 Å². The zero-order chi connectivity index (χ0) is 30.0. The number of ether oxygens (including phenoxy) is 1. The molecule has 3 heterocycles. The van der Waals surface area contributed by atoms with Gasteiger partial charge in [-0.05, 0) is 53.2 Å². The maximum Gasteiger partial charge on any atom is 0.232 e. The summed E-state index contributed by atoms with van der Waals surface area (Å²) in [5, 5.41) is 6.58. The summed E-state index contributed by atoms with van der Waals surface area (Å²) in [6.45, 7) is 6.09. The third-order valence-corrected chi connectivity index (χ3v) is 9.05. The van der Waals surface area contributed by atoms with Gasteiger partial charge in [-0.15, -0.1) is 0 Å². The van der Waals surface area contributed by atoms with Crippen molar-refractivity contribution in [2.45, 2.75) is 13.3 Å². The van der Waals surface area contributed by atoms with Crippen molar-refractivity contribution in [2.75, 3.05) is 73.5 Å². The van der Waals surface area contributed by atoms with Gasteiger partial charge >= 0.3 is 0 Å². The monoisotopic (exact) mass is 655 g/mol. The summed E-state index contributed by atoms with van der Waals surface area (Å²) in [6, 6.07) is 7.70. The molecule has 2 N–H and O–H groups in total. The van der Waals surface area contributed by atoms with E-state index in [1.165, 1.54) is 28.8 Å². The van der Waals surface area contributed by atoms with E-state index in [0.29, 0.717) is 44.4 Å². The zero-order valence-corrected chi connectivity index (χ0v) is 26.6. The van der Waals surface area contributed by atoms with Gasteiger partial charge in [-0.3, -0.25) is 14.3 Å². The minimum atomic E-state index is -3.60. The fourth-order valence-corrected chi connectivity index (χ4v) is 5.68. The Morgan fingerprint density at radius 3 is 2.48 bits per heavy atom. The number of anilines is 6. The maximum atomic E-state index is 12.5. The Morgan fingerprint density at radius 2 is 1.79 bits per heavy atom. The van der Waals surface area contributed by atoms with Gasteiger partial charge in [-0.1, -0.05) is 6.92 Å². The van der Waals surface area contributed by atoms with Gasteiger partial charge in [0.25, 0.3) is 0 Å². The van der Waals surface area contributed by atoms with E-state index < -0.39 is 10.0 Å². The van der Waals surface area contributed by atoms with Crippen molar-refractivity contribution in [1.29, 1.82) is 0 Å². The minimum Gasteiger partial charge on any atom is -0.494 e. The highest BCUT2D eigenvalue weighted by atomic mass is 79.9. The second-order valence-electron chi connectivity index (χ2n) is 10.1. The Hall–Kier alpha value is -3.75. The van der Waals surface area contributed by atoms with Gasteiger partial charge in [-0.2, -0.15) is 4.98 Å². The van der Waals surface area contributed by atoms with Crippen LogP contribution >= 0.6 is 15.9 Å². The first-order valence-electron chi connectivity index (χ1n) is 13.5. The Balaban J connectivity index is 1.49. The van der Waals surface area contributed by atoms with E-state index in [-0.39, 0.29) is 0 Å². The van der Waals surface area contributed by atoms with Crippen LogP contribution in [0.5, 0.6) is 5.75 Å². The Bertz CT molecular complexity index is 1710. The number of nitrogens with zero attached hydrogens (tertiary/aromatic N) is 7. The van der Waals surface area contributed by atoms with Crippen molar-refractivity contribution in [1.82, 2.24) is 24.8 Å². The van der Waals surface area contributed by atoms with E-state index in [2.05, 4.69) is 77.4 Å². The summed E-state index contributed by atoms with van der Waals surface area (Å²) in [7, 11) is 1.68. The van der Waals surface area contributed by atoms with E-state index in [1.807, 2.05) is 0 Å². The number of fused-ring (bicyclic) bond motifs is 1. The average Bonchev–Trinajstić information content (AvgIpc) is 2.98. The zero-order valence-electron chi connectivity index (χ0n) is 24.2. The molecule has 14 heteroatoms. The molecular weight excluding hydrogens is 622 g/mol. The number of rotatable bonds is 9. The Labute approximate surface area is 254 Å². The van der Waals surface area contributed by atoms with Crippen LogP contribution in [0.1, 0.15) is 12.5 Å². The smallest absolute Gasteiger partial charge is 0.232 e. The minimum absolute atomic E-state index is 0.340. The molecule has 1 saturated heterocycles. The van der Waals surface area contributed by atoms with Crippen LogP contribution in [0.25, 0.3) is 11.0 Å². The van der Waals surface area contributed by atoms with Crippen molar-refractivity contribution in [3.05, 3.63) is 52.9 Å². The summed E-state index contributed by atoms with van der Waals surface area (Å²) in [6.07, 6.45) is 6.72. The summed E-state index contributed by atoms with van der Waals surface area (Å²) in [5.74, 6) is 1.46. The summed E-state index contributed by atoms with van der Waals surface area (Å²) in [5.41, 5.74) is 4.98. The molecule has 5 rings (SSSR count). The number of halogens is 1. The number of aromatic nitrogens is 4. The number of hydrogen-bond acceptors (Lipinski definition) is 11. The van der Waals surface area contributed by atoms with Crippen LogP contribution in [-0.4, -0.2) is 86.9 Å². The Morgan fingerprint density at radius 1 is 1.05 bits per heavy atom. The van der Waals surface area contributed by atoms with Gasteiger partial charge in [0.1, 0.15) is 22.8 Å². The predicted molar refractivity (Wildman–Crippen MR) is 171 cm³/mol. The molecule has 0 radical (unpaired) electrons. The van der Waals surface area contributed by atoms with E-state index in [9.17, 15) is 8.42 Å². The molecule has 1 aliphatic heterocycles. The number of sulfonamides is 1. The second-order valence-corrected chi connectivity index (χ2v) is 12.9. The van der Waals surface area contributed by atoms with E-state index in [4.69, 9.17) is 9.72 Å². The fraction of sp³-hybridized carbons (Fsp3) is 0.357. The highest BCUT2D eigenvalue weighted by Crippen LogP contribution is 2.38. The van der Waals surface area contributed by atoms with Crippen molar-refractivity contribution >= 4 is 71.5 Å². The van der Waals surface area contributed by atoms with Crippen LogP contribution in [0.15, 0.2) is 47.3 Å². The molecule has 222 valence electrons. The lowest BCUT2D eigenvalue weighted by Gasteiger charge is -2.35. The average molecular weight is 657 g/mol. The molecule has 1 aliphatic rings. The van der Waals surface area contributed by atoms with Gasteiger partial charge in [0, 0.05) is 63.6 Å². The van der Waals surface area contributed by atoms with Gasteiger partial charge in [0.2, 0.25) is 16.0 Å². The van der Waals surface area contributed by atoms with Crippen molar-refractivity contribution < 1.29 is 13.2 Å². The third-order valence-electron chi connectivity index (χ3n) is 7.30. The third kappa shape index (κ3) is 6.20. The molecule has 0 spiro atoms. The number of likely N-dealkylation sites (N-methyl/N-ethyl adjacent to an activating group) is 1. The van der Waals surface area contributed by atoms with E-state index >= 15 is 0 Å². The quantitative estimate of drug-likeness (QED) is 0.266. The molecule has 0 aliphatic carbocycles. The van der Waals surface area contributed by atoms with Gasteiger partial charge in [-0.25, -0.2) is 13.4 Å². The summed E-state index contributed by atoms with van der Waals surface area (Å²) in [4.78, 5) is 22.6. The van der Waals surface area contributed by atoms with Crippen molar-refractivity contribution in [2.24, 2.45) is 0 Å². The molecule has 12 nitrogen and oxygen atoms in total. The second kappa shape index (κ2) is 12.2. The predicted octanol–water partition coefficient (Wildman–Crippen LogP) is 4.39. The number of methoxy groups -OCH3 is 1. The lowest BCUT2D eigenvalue weighted by molar-refractivity contribution is 0.312. The van der Waals surface area contributed by atoms with Crippen molar-refractivity contribution in [3.8, 4) is 5.75 Å². The van der Waals surface area contributed by atoms with E-state index in [0.717, 1.165) is 44.5 Å². The number of aryl methyl sites for hydroxylation is 1. The largest absolute Gasteiger partial charge is 0.494 e. The normalized spacial score (nSPS) is 14.2. The maximum absolute atomic E-state index is 12.5. The van der Waals surface area contributed by atoms with E-state index in [1.54, 1.807) is 31.6 Å². The molecule has 2 aromatic carbocycles. The van der Waals surface area contributed by atoms with Crippen LogP contribution in [0.4, 0.5) is 34.5 Å². The summed E-state index contributed by atoms with van der Waals surface area (Å²) < 4.78 is 32.6.